The molecule has 10 heteroatoms. The van der Waals surface area contributed by atoms with Gasteiger partial charge >= 0.3 is 12.2 Å². The molecule has 2 aliphatic rings. The summed E-state index contributed by atoms with van der Waals surface area (Å²) in [4.78, 5) is 18.5. The number of alkyl halides is 3. The summed E-state index contributed by atoms with van der Waals surface area (Å²) in [6.07, 6.45) is -3.09. The lowest BCUT2D eigenvalue weighted by Crippen LogP contribution is -2.49. The Hall–Kier alpha value is -2.59. The smallest absolute Gasteiger partial charge is 0.378 e. The van der Waals surface area contributed by atoms with Crippen molar-refractivity contribution < 1.29 is 22.7 Å². The first-order chi connectivity index (χ1) is 15.4. The van der Waals surface area contributed by atoms with Crippen LogP contribution in [0.2, 0.25) is 0 Å². The van der Waals surface area contributed by atoms with Crippen LogP contribution in [0.3, 0.4) is 0 Å². The topological polar surface area (TPSA) is 53.8 Å². The number of carbonyl (C=O) groups excluding carboxylic acids is 1. The molecule has 32 heavy (non-hydrogen) atoms. The molecule has 7 nitrogen and oxygen atoms in total. The van der Waals surface area contributed by atoms with Crippen molar-refractivity contribution in [2.75, 3.05) is 57.4 Å². The first kappa shape index (κ1) is 24.1. The summed E-state index contributed by atoms with van der Waals surface area (Å²) in [5.74, 6) is 0. The Morgan fingerprint density at radius 1 is 1.06 bits per heavy atom. The number of piperazine rings is 1. The lowest BCUT2D eigenvalue weighted by molar-refractivity contribution is -0.137. The van der Waals surface area contributed by atoms with E-state index in [1.165, 1.54) is 16.2 Å². The Balaban J connectivity index is 0.00000141. The van der Waals surface area contributed by atoms with Crippen molar-refractivity contribution in [2.24, 2.45) is 0 Å². The van der Waals surface area contributed by atoms with Crippen molar-refractivity contribution in [3.8, 4) is 0 Å². The van der Waals surface area contributed by atoms with Crippen molar-refractivity contribution in [2.45, 2.75) is 26.6 Å². The molecule has 0 atom stereocenters. The summed E-state index contributed by atoms with van der Waals surface area (Å²) >= 11 is 0. The van der Waals surface area contributed by atoms with Crippen molar-refractivity contribution >= 4 is 11.7 Å². The van der Waals surface area contributed by atoms with Gasteiger partial charge in [0.25, 0.3) is 0 Å². The third-order valence-electron chi connectivity index (χ3n) is 5.44. The zero-order chi connectivity index (χ0) is 23.1. The highest BCUT2D eigenvalue weighted by atomic mass is 19.4. The molecule has 2 saturated heterocycles. The molecule has 1 aromatic carbocycles. The van der Waals surface area contributed by atoms with E-state index >= 15 is 0 Å². The summed E-state index contributed by atoms with van der Waals surface area (Å²) in [5.41, 5.74) is 1.46. The van der Waals surface area contributed by atoms with E-state index in [4.69, 9.17) is 4.74 Å². The molecule has 0 unspecified atom stereocenters. The number of carbonyl (C=O) groups is 1. The van der Waals surface area contributed by atoms with Crippen LogP contribution in [-0.4, -0.2) is 78.1 Å². The molecule has 0 N–H and O–H groups in total. The number of morpholine rings is 1. The van der Waals surface area contributed by atoms with Crippen molar-refractivity contribution in [3.05, 3.63) is 47.8 Å². The molecule has 1 amide bonds. The van der Waals surface area contributed by atoms with E-state index in [2.05, 4.69) is 39.2 Å². The first-order valence-corrected chi connectivity index (χ1v) is 11.0. The van der Waals surface area contributed by atoms with Crippen LogP contribution < -0.4 is 4.90 Å². The molecule has 2 aromatic rings. The van der Waals surface area contributed by atoms with E-state index in [0.29, 0.717) is 32.4 Å². The maximum Gasteiger partial charge on any atom is 0.419 e. The summed E-state index contributed by atoms with van der Waals surface area (Å²) in [7, 11) is 0. The molecule has 0 aliphatic carbocycles. The Kier molecular flexibility index (Phi) is 8.14. The fourth-order valence-electron chi connectivity index (χ4n) is 3.75. The van der Waals surface area contributed by atoms with Gasteiger partial charge in [-0.2, -0.15) is 23.0 Å². The van der Waals surface area contributed by atoms with Gasteiger partial charge in [0.15, 0.2) is 0 Å². The normalized spacial score (nSPS) is 17.7. The van der Waals surface area contributed by atoms with Gasteiger partial charge in [0.05, 0.1) is 25.0 Å². The fourth-order valence-corrected chi connectivity index (χ4v) is 3.75. The van der Waals surface area contributed by atoms with Crippen LogP contribution in [0.5, 0.6) is 0 Å². The van der Waals surface area contributed by atoms with E-state index in [0.717, 1.165) is 43.7 Å². The lowest BCUT2D eigenvalue weighted by Gasteiger charge is -2.34. The first-order valence-electron chi connectivity index (χ1n) is 11.0. The average molecular weight is 454 g/mol. The van der Waals surface area contributed by atoms with E-state index < -0.39 is 17.8 Å². The zero-order valence-corrected chi connectivity index (χ0v) is 18.5. The SMILES string of the molecule is CC.O=C(N1CCN(Cc2cccc(N3CCOCC3)c2)CC1)n1cc(C(F)(F)F)cn1. The van der Waals surface area contributed by atoms with Gasteiger partial charge in [0.2, 0.25) is 0 Å². The van der Waals surface area contributed by atoms with E-state index in [-0.39, 0.29) is 0 Å². The standard InChI is InChI=1S/C20H24F3N5O2.C2H6/c21-20(22,23)17-13-24-28(15-17)19(29)27-6-4-25(5-7-27)14-16-2-1-3-18(12-16)26-8-10-30-11-9-26;1-2/h1-3,12-13,15H,4-11,14H2;1-2H3. The molecular weight excluding hydrogens is 423 g/mol. The number of amides is 1. The van der Waals surface area contributed by atoms with Crippen molar-refractivity contribution in [1.82, 2.24) is 19.6 Å². The molecule has 3 heterocycles. The number of benzene rings is 1. The minimum Gasteiger partial charge on any atom is -0.378 e. The Morgan fingerprint density at radius 3 is 2.38 bits per heavy atom. The molecule has 1 aromatic heterocycles. The van der Waals surface area contributed by atoms with Crippen LogP contribution in [0.1, 0.15) is 25.0 Å². The van der Waals surface area contributed by atoms with Crippen LogP contribution in [0.4, 0.5) is 23.7 Å². The van der Waals surface area contributed by atoms with Gasteiger partial charge in [0.1, 0.15) is 0 Å². The molecule has 176 valence electrons. The number of hydrogen-bond acceptors (Lipinski definition) is 5. The second kappa shape index (κ2) is 10.8. The second-order valence-electron chi connectivity index (χ2n) is 7.49. The van der Waals surface area contributed by atoms with E-state index in [9.17, 15) is 18.0 Å². The maximum atomic E-state index is 12.7. The predicted molar refractivity (Wildman–Crippen MR) is 116 cm³/mol. The quantitative estimate of drug-likeness (QED) is 0.712. The summed E-state index contributed by atoms with van der Waals surface area (Å²) in [5, 5.41) is 3.58. The fraction of sp³-hybridized carbons (Fsp3) is 0.545. The van der Waals surface area contributed by atoms with Crippen molar-refractivity contribution in [1.29, 1.82) is 0 Å². The lowest BCUT2D eigenvalue weighted by atomic mass is 10.1. The maximum absolute atomic E-state index is 12.7. The number of nitrogens with zero attached hydrogens (tertiary/aromatic N) is 5. The van der Waals surface area contributed by atoms with Gasteiger partial charge in [-0.15, -0.1) is 0 Å². The highest BCUT2D eigenvalue weighted by Crippen LogP contribution is 2.28. The monoisotopic (exact) mass is 453 g/mol. The van der Waals surface area contributed by atoms with Gasteiger partial charge in [-0.3, -0.25) is 4.90 Å². The number of halogens is 3. The van der Waals surface area contributed by atoms with Gasteiger partial charge in [-0.1, -0.05) is 26.0 Å². The van der Waals surface area contributed by atoms with E-state index in [1.54, 1.807) is 0 Å². The van der Waals surface area contributed by atoms with Gasteiger partial charge < -0.3 is 14.5 Å². The Morgan fingerprint density at radius 2 is 1.75 bits per heavy atom. The molecule has 0 bridgehead atoms. The molecule has 0 radical (unpaired) electrons. The highest BCUT2D eigenvalue weighted by molar-refractivity contribution is 5.76. The molecular formula is C22H30F3N5O2. The summed E-state index contributed by atoms with van der Waals surface area (Å²) in [6, 6.07) is 7.90. The van der Waals surface area contributed by atoms with Gasteiger partial charge in [-0.05, 0) is 17.7 Å². The van der Waals surface area contributed by atoms with Crippen molar-refractivity contribution in [3.63, 3.8) is 0 Å². The minimum atomic E-state index is -4.51. The number of rotatable bonds is 3. The third kappa shape index (κ3) is 6.01. The average Bonchev–Trinajstić information content (AvgIpc) is 3.32. The molecule has 4 rings (SSSR count). The molecule has 0 spiro atoms. The van der Waals surface area contributed by atoms with Crippen LogP contribution in [0, 0.1) is 0 Å². The Labute approximate surface area is 186 Å². The zero-order valence-electron chi connectivity index (χ0n) is 18.5. The third-order valence-corrected chi connectivity index (χ3v) is 5.44. The molecule has 2 aliphatic heterocycles. The van der Waals surface area contributed by atoms with Crippen LogP contribution >= 0.6 is 0 Å². The van der Waals surface area contributed by atoms with Gasteiger partial charge in [0, 0.05) is 57.7 Å². The van der Waals surface area contributed by atoms with Crippen LogP contribution in [-0.2, 0) is 17.5 Å². The number of ether oxygens (including phenoxy) is 1. The summed E-state index contributed by atoms with van der Waals surface area (Å²) < 4.78 is 44.3. The largest absolute Gasteiger partial charge is 0.419 e. The Bertz CT molecular complexity index is 872. The molecule has 2 fully saturated rings. The highest BCUT2D eigenvalue weighted by Gasteiger charge is 2.33. The minimum absolute atomic E-state index is 0.448. The van der Waals surface area contributed by atoms with Crippen LogP contribution in [0.15, 0.2) is 36.7 Å². The predicted octanol–water partition coefficient (Wildman–Crippen LogP) is 3.55. The number of aromatic nitrogens is 2. The number of hydrogen-bond donors (Lipinski definition) is 0. The summed E-state index contributed by atoms with van der Waals surface area (Å²) in [6.45, 7) is 10.2. The van der Waals surface area contributed by atoms with Gasteiger partial charge in [-0.25, -0.2) is 4.79 Å². The molecule has 0 saturated carbocycles. The van der Waals surface area contributed by atoms with Crippen LogP contribution in [0.25, 0.3) is 0 Å². The number of anilines is 1. The van der Waals surface area contributed by atoms with E-state index in [1.807, 2.05) is 13.8 Å². The second-order valence-corrected chi connectivity index (χ2v) is 7.49.